The third-order valence-corrected chi connectivity index (χ3v) is 4.33. The molecule has 0 unspecified atom stereocenters. The minimum absolute atomic E-state index is 0.227. The van der Waals surface area contributed by atoms with Crippen LogP contribution in [0.2, 0.25) is 0 Å². The highest BCUT2D eigenvalue weighted by Crippen LogP contribution is 2.15. The lowest BCUT2D eigenvalue weighted by Crippen LogP contribution is -2.44. The van der Waals surface area contributed by atoms with Crippen molar-refractivity contribution in [1.29, 1.82) is 0 Å². The first-order chi connectivity index (χ1) is 10.6. The molecule has 0 aromatic heterocycles. The molecule has 0 spiro atoms. The SMILES string of the molecule is CC(C)(C)OC=O.Cc1ccc(S(=O)(=O)OCC2CNC2)cc1. The Balaban J connectivity index is 0.000000322. The van der Waals surface area contributed by atoms with Gasteiger partial charge >= 0.3 is 0 Å². The van der Waals surface area contributed by atoms with Crippen molar-refractivity contribution in [1.82, 2.24) is 5.32 Å². The van der Waals surface area contributed by atoms with Gasteiger partial charge in [-0.15, -0.1) is 0 Å². The molecule has 7 heteroatoms. The van der Waals surface area contributed by atoms with E-state index in [0.717, 1.165) is 18.7 Å². The van der Waals surface area contributed by atoms with Crippen LogP contribution in [0.4, 0.5) is 0 Å². The van der Waals surface area contributed by atoms with Crippen LogP contribution < -0.4 is 5.32 Å². The molecule has 1 fully saturated rings. The number of carbonyl (C=O) groups excluding carboxylic acids is 1. The van der Waals surface area contributed by atoms with Gasteiger partial charge in [0.2, 0.25) is 0 Å². The average molecular weight is 343 g/mol. The first-order valence-corrected chi connectivity index (χ1v) is 8.83. The summed E-state index contributed by atoms with van der Waals surface area (Å²) >= 11 is 0. The molecular weight excluding hydrogens is 318 g/mol. The number of carbonyl (C=O) groups is 1. The van der Waals surface area contributed by atoms with E-state index >= 15 is 0 Å². The maximum atomic E-state index is 11.7. The van der Waals surface area contributed by atoms with E-state index in [9.17, 15) is 13.2 Å². The molecule has 130 valence electrons. The van der Waals surface area contributed by atoms with Gasteiger partial charge in [0, 0.05) is 19.0 Å². The summed E-state index contributed by atoms with van der Waals surface area (Å²) in [5, 5.41) is 3.07. The topological polar surface area (TPSA) is 81.7 Å². The van der Waals surface area contributed by atoms with E-state index < -0.39 is 10.1 Å². The Labute approximate surface area is 138 Å². The van der Waals surface area contributed by atoms with Crippen LogP contribution >= 0.6 is 0 Å². The number of rotatable bonds is 5. The van der Waals surface area contributed by atoms with Gasteiger partial charge in [0.15, 0.2) is 0 Å². The monoisotopic (exact) mass is 343 g/mol. The van der Waals surface area contributed by atoms with Crippen LogP contribution in [0.15, 0.2) is 29.2 Å². The van der Waals surface area contributed by atoms with Gasteiger partial charge in [0.05, 0.1) is 11.5 Å². The Morgan fingerprint density at radius 1 is 1.22 bits per heavy atom. The van der Waals surface area contributed by atoms with Crippen molar-refractivity contribution >= 4 is 16.6 Å². The zero-order valence-corrected chi connectivity index (χ0v) is 14.9. The minimum atomic E-state index is -3.58. The standard InChI is InChI=1S/C11H15NO3S.C5H10O2/c1-9-2-4-11(5-3-9)16(13,14)15-8-10-6-12-7-10;1-5(2,3)7-4-6/h2-5,10,12H,6-8H2,1H3;4H,1-3H3. The molecular formula is C16H25NO5S. The molecule has 1 aliphatic heterocycles. The third kappa shape index (κ3) is 7.58. The second kappa shape index (κ2) is 8.42. The largest absolute Gasteiger partial charge is 0.462 e. The normalized spacial score (nSPS) is 15.1. The van der Waals surface area contributed by atoms with Crippen molar-refractivity contribution in [3.8, 4) is 0 Å². The Bertz CT molecular complexity index is 586. The number of hydrogen-bond acceptors (Lipinski definition) is 6. The summed E-state index contributed by atoms with van der Waals surface area (Å²) < 4.78 is 33.0. The molecule has 0 amide bonds. The molecule has 0 atom stereocenters. The van der Waals surface area contributed by atoms with Crippen molar-refractivity contribution in [2.45, 2.75) is 38.2 Å². The summed E-state index contributed by atoms with van der Waals surface area (Å²) in [7, 11) is -3.58. The Morgan fingerprint density at radius 2 is 1.78 bits per heavy atom. The summed E-state index contributed by atoms with van der Waals surface area (Å²) in [5.74, 6) is 0.320. The Kier molecular flexibility index (Phi) is 7.18. The zero-order valence-electron chi connectivity index (χ0n) is 14.0. The zero-order chi connectivity index (χ0) is 17.5. The van der Waals surface area contributed by atoms with Gasteiger partial charge in [-0.2, -0.15) is 8.42 Å². The fourth-order valence-electron chi connectivity index (χ4n) is 1.57. The lowest BCUT2D eigenvalue weighted by Gasteiger charge is -2.26. The predicted octanol–water partition coefficient (Wildman–Crippen LogP) is 1.88. The van der Waals surface area contributed by atoms with E-state index in [0.29, 0.717) is 12.4 Å². The van der Waals surface area contributed by atoms with E-state index in [1.807, 2.05) is 27.7 Å². The molecule has 6 nitrogen and oxygen atoms in total. The van der Waals surface area contributed by atoms with Gasteiger partial charge in [0.1, 0.15) is 5.60 Å². The van der Waals surface area contributed by atoms with Gasteiger partial charge < -0.3 is 10.1 Å². The molecule has 0 aliphatic carbocycles. The highest BCUT2D eigenvalue weighted by Gasteiger charge is 2.22. The van der Waals surface area contributed by atoms with Gasteiger partial charge in [0.25, 0.3) is 16.6 Å². The number of aryl methyl sites for hydroxylation is 1. The molecule has 0 radical (unpaired) electrons. The molecule has 1 aromatic rings. The first kappa shape index (κ1) is 19.6. The molecule has 1 heterocycles. The Hall–Kier alpha value is -1.44. The first-order valence-electron chi connectivity index (χ1n) is 7.42. The molecule has 23 heavy (non-hydrogen) atoms. The molecule has 2 rings (SSSR count). The lowest BCUT2D eigenvalue weighted by atomic mass is 10.1. The molecule has 1 saturated heterocycles. The third-order valence-electron chi connectivity index (χ3n) is 3.04. The average Bonchev–Trinajstić information content (AvgIpc) is 2.36. The quantitative estimate of drug-likeness (QED) is 0.649. The van der Waals surface area contributed by atoms with Gasteiger partial charge in [-0.25, -0.2) is 0 Å². The number of benzene rings is 1. The summed E-state index contributed by atoms with van der Waals surface area (Å²) in [6.07, 6.45) is 0. The smallest absolute Gasteiger partial charge is 0.296 e. The molecule has 0 saturated carbocycles. The summed E-state index contributed by atoms with van der Waals surface area (Å²) in [4.78, 5) is 9.83. The van der Waals surface area contributed by atoms with Crippen molar-refractivity contribution in [2.24, 2.45) is 5.92 Å². The van der Waals surface area contributed by atoms with Crippen LogP contribution in [0.25, 0.3) is 0 Å². The number of ether oxygens (including phenoxy) is 1. The van der Waals surface area contributed by atoms with Crippen molar-refractivity contribution in [3.05, 3.63) is 29.8 Å². The van der Waals surface area contributed by atoms with Gasteiger partial charge in [-0.1, -0.05) is 17.7 Å². The van der Waals surface area contributed by atoms with Crippen LogP contribution in [0.3, 0.4) is 0 Å². The minimum Gasteiger partial charge on any atom is -0.462 e. The lowest BCUT2D eigenvalue weighted by molar-refractivity contribution is -0.138. The fourth-order valence-corrected chi connectivity index (χ4v) is 2.55. The van der Waals surface area contributed by atoms with Crippen LogP contribution in [-0.4, -0.2) is 40.2 Å². The van der Waals surface area contributed by atoms with E-state index in [1.165, 1.54) is 0 Å². The second-order valence-electron chi connectivity index (χ2n) is 6.40. The van der Waals surface area contributed by atoms with Crippen LogP contribution in [-0.2, 0) is 23.8 Å². The van der Waals surface area contributed by atoms with E-state index in [4.69, 9.17) is 4.18 Å². The highest BCUT2D eigenvalue weighted by molar-refractivity contribution is 7.86. The summed E-state index contributed by atoms with van der Waals surface area (Å²) in [5.41, 5.74) is 0.712. The van der Waals surface area contributed by atoms with Crippen LogP contribution in [0.5, 0.6) is 0 Å². The predicted molar refractivity (Wildman–Crippen MR) is 87.6 cm³/mol. The van der Waals surface area contributed by atoms with E-state index in [1.54, 1.807) is 24.3 Å². The summed E-state index contributed by atoms with van der Waals surface area (Å²) in [6, 6.07) is 6.68. The molecule has 1 N–H and O–H groups in total. The van der Waals surface area contributed by atoms with Crippen molar-refractivity contribution in [2.75, 3.05) is 19.7 Å². The maximum absolute atomic E-state index is 11.7. The van der Waals surface area contributed by atoms with Crippen LogP contribution in [0.1, 0.15) is 26.3 Å². The van der Waals surface area contributed by atoms with Gasteiger partial charge in [-0.3, -0.25) is 8.98 Å². The number of hydrogen-bond donors (Lipinski definition) is 1. The molecule has 1 aliphatic rings. The maximum Gasteiger partial charge on any atom is 0.296 e. The van der Waals surface area contributed by atoms with Crippen molar-refractivity contribution < 1.29 is 22.1 Å². The molecule has 0 bridgehead atoms. The molecule has 1 aromatic carbocycles. The fraction of sp³-hybridized carbons (Fsp3) is 0.562. The Morgan fingerprint density at radius 3 is 2.13 bits per heavy atom. The van der Waals surface area contributed by atoms with Crippen LogP contribution in [0, 0.1) is 12.8 Å². The van der Waals surface area contributed by atoms with Gasteiger partial charge in [-0.05, 0) is 39.8 Å². The summed E-state index contributed by atoms with van der Waals surface area (Å²) in [6.45, 7) is 9.78. The number of nitrogens with one attached hydrogen (secondary N) is 1. The van der Waals surface area contributed by atoms with Crippen molar-refractivity contribution in [3.63, 3.8) is 0 Å². The second-order valence-corrected chi connectivity index (χ2v) is 8.02. The highest BCUT2D eigenvalue weighted by atomic mass is 32.2. The van der Waals surface area contributed by atoms with E-state index in [-0.39, 0.29) is 17.1 Å². The van der Waals surface area contributed by atoms with E-state index in [2.05, 4.69) is 10.1 Å².